The zero-order valence-corrected chi connectivity index (χ0v) is 9.21. The number of nitrogens with one attached hydrogen (secondary N) is 1. The molecule has 0 spiro atoms. The van der Waals surface area contributed by atoms with E-state index in [9.17, 15) is 4.79 Å². The van der Waals surface area contributed by atoms with Crippen molar-refractivity contribution in [1.82, 2.24) is 10.2 Å². The van der Waals surface area contributed by atoms with Crippen LogP contribution in [0.25, 0.3) is 0 Å². The predicted molar refractivity (Wildman–Crippen MR) is 57.5 cm³/mol. The maximum Gasteiger partial charge on any atom is 0.319 e. The number of nitrogens with zero attached hydrogens (tertiary/aromatic N) is 1. The topological polar surface area (TPSA) is 41.6 Å². The summed E-state index contributed by atoms with van der Waals surface area (Å²) in [5.41, 5.74) is 0. The minimum absolute atomic E-state index is 0.0570. The zero-order chi connectivity index (χ0) is 10.5. The molecule has 1 saturated carbocycles. The molecule has 2 aliphatic rings. The molecule has 1 saturated heterocycles. The number of amides is 2. The lowest BCUT2D eigenvalue weighted by atomic mass is 9.96. The van der Waals surface area contributed by atoms with Gasteiger partial charge in [-0.1, -0.05) is 19.3 Å². The Kier molecular flexibility index (Phi) is 3.83. The summed E-state index contributed by atoms with van der Waals surface area (Å²) < 4.78 is 5.26. The third-order valence-corrected chi connectivity index (χ3v) is 3.18. The second-order valence-electron chi connectivity index (χ2n) is 4.44. The fourth-order valence-corrected chi connectivity index (χ4v) is 2.27. The maximum absolute atomic E-state index is 11.8. The highest BCUT2D eigenvalue weighted by Crippen LogP contribution is 2.17. The van der Waals surface area contributed by atoms with Crippen molar-refractivity contribution in [3.05, 3.63) is 0 Å². The lowest BCUT2D eigenvalue weighted by molar-refractivity contribution is 0.00790. The third-order valence-electron chi connectivity index (χ3n) is 3.18. The highest BCUT2D eigenvalue weighted by atomic mass is 16.5. The predicted octanol–water partition coefficient (Wildman–Crippen LogP) is 1.71. The van der Waals surface area contributed by atoms with Crippen molar-refractivity contribution in [2.75, 3.05) is 19.9 Å². The van der Waals surface area contributed by atoms with Crippen LogP contribution in [-0.4, -0.2) is 36.9 Å². The van der Waals surface area contributed by atoms with Gasteiger partial charge in [0.05, 0.1) is 6.61 Å². The molecule has 1 N–H and O–H groups in total. The molecule has 0 aromatic rings. The first-order valence-electron chi connectivity index (χ1n) is 5.99. The Balaban J connectivity index is 1.74. The van der Waals surface area contributed by atoms with E-state index in [1.807, 2.05) is 0 Å². The molecule has 0 radical (unpaired) electrons. The maximum atomic E-state index is 11.8. The zero-order valence-electron chi connectivity index (χ0n) is 9.21. The smallest absolute Gasteiger partial charge is 0.319 e. The van der Waals surface area contributed by atoms with E-state index < -0.39 is 0 Å². The number of rotatable bonds is 1. The highest BCUT2D eigenvalue weighted by Gasteiger charge is 2.21. The molecular formula is C11H20N2O2. The number of hydrogen-bond acceptors (Lipinski definition) is 2. The van der Waals surface area contributed by atoms with E-state index in [1.165, 1.54) is 19.3 Å². The molecule has 2 amide bonds. The molecule has 0 atom stereocenters. The summed E-state index contributed by atoms with van der Waals surface area (Å²) >= 11 is 0. The second kappa shape index (κ2) is 5.35. The van der Waals surface area contributed by atoms with E-state index in [-0.39, 0.29) is 6.03 Å². The van der Waals surface area contributed by atoms with Gasteiger partial charge in [0, 0.05) is 12.6 Å². The Bertz CT molecular complexity index is 209. The largest absolute Gasteiger partial charge is 0.361 e. The van der Waals surface area contributed by atoms with Gasteiger partial charge in [-0.3, -0.25) is 0 Å². The van der Waals surface area contributed by atoms with Crippen LogP contribution in [0.3, 0.4) is 0 Å². The van der Waals surface area contributed by atoms with Crippen molar-refractivity contribution in [3.63, 3.8) is 0 Å². The molecule has 0 bridgehead atoms. The Hall–Kier alpha value is -0.770. The molecular weight excluding hydrogens is 192 g/mol. The molecule has 0 aromatic carbocycles. The van der Waals surface area contributed by atoms with Crippen molar-refractivity contribution in [2.24, 2.45) is 0 Å². The van der Waals surface area contributed by atoms with Gasteiger partial charge >= 0.3 is 6.03 Å². The molecule has 2 fully saturated rings. The standard InChI is InChI=1S/C11H20N2O2/c14-11(13-7-4-8-15-9-13)12-10-5-2-1-3-6-10/h10H,1-9H2,(H,12,14). The quantitative estimate of drug-likeness (QED) is 0.719. The summed E-state index contributed by atoms with van der Waals surface area (Å²) in [5, 5.41) is 3.10. The minimum Gasteiger partial charge on any atom is -0.361 e. The van der Waals surface area contributed by atoms with Crippen LogP contribution in [0.15, 0.2) is 0 Å². The van der Waals surface area contributed by atoms with Gasteiger partial charge in [0.2, 0.25) is 0 Å². The first-order chi connectivity index (χ1) is 7.36. The molecule has 4 heteroatoms. The molecule has 1 aliphatic heterocycles. The number of urea groups is 1. The summed E-state index contributed by atoms with van der Waals surface area (Å²) in [6.45, 7) is 2.07. The summed E-state index contributed by atoms with van der Waals surface area (Å²) in [7, 11) is 0. The van der Waals surface area contributed by atoms with Gasteiger partial charge in [-0.05, 0) is 19.3 Å². The SMILES string of the molecule is O=C(NC1CCCCC1)N1CCCOC1. The van der Waals surface area contributed by atoms with Gasteiger partial charge in [-0.25, -0.2) is 4.79 Å². The van der Waals surface area contributed by atoms with E-state index in [4.69, 9.17) is 4.74 Å². The van der Waals surface area contributed by atoms with Crippen LogP contribution in [0, 0.1) is 0 Å². The summed E-state index contributed by atoms with van der Waals surface area (Å²) in [6.07, 6.45) is 7.06. The van der Waals surface area contributed by atoms with Crippen molar-refractivity contribution in [1.29, 1.82) is 0 Å². The van der Waals surface area contributed by atoms with Gasteiger partial charge in [0.25, 0.3) is 0 Å². The van der Waals surface area contributed by atoms with Crippen LogP contribution < -0.4 is 5.32 Å². The number of hydrogen-bond donors (Lipinski definition) is 1. The van der Waals surface area contributed by atoms with Gasteiger partial charge in [0.15, 0.2) is 0 Å². The highest BCUT2D eigenvalue weighted by molar-refractivity contribution is 5.74. The lowest BCUT2D eigenvalue weighted by Crippen LogP contribution is -2.48. The molecule has 0 unspecified atom stereocenters. The van der Waals surface area contributed by atoms with Crippen LogP contribution in [0.5, 0.6) is 0 Å². The Morgan fingerprint density at radius 1 is 1.20 bits per heavy atom. The van der Waals surface area contributed by atoms with E-state index in [2.05, 4.69) is 5.32 Å². The summed E-state index contributed by atoms with van der Waals surface area (Å²) in [4.78, 5) is 13.6. The first-order valence-corrected chi connectivity index (χ1v) is 5.99. The normalized spacial score (nSPS) is 23.9. The van der Waals surface area contributed by atoms with E-state index >= 15 is 0 Å². The van der Waals surface area contributed by atoms with E-state index in [0.717, 1.165) is 32.4 Å². The fraction of sp³-hybridized carbons (Fsp3) is 0.909. The van der Waals surface area contributed by atoms with Crippen molar-refractivity contribution in [3.8, 4) is 0 Å². The number of carbonyl (C=O) groups is 1. The monoisotopic (exact) mass is 212 g/mol. The van der Waals surface area contributed by atoms with Crippen LogP contribution in [-0.2, 0) is 4.74 Å². The Labute approximate surface area is 91.0 Å². The number of ether oxygens (including phenoxy) is 1. The third kappa shape index (κ3) is 3.09. The molecule has 2 rings (SSSR count). The van der Waals surface area contributed by atoms with Gasteiger partial charge < -0.3 is 15.0 Å². The summed E-state index contributed by atoms with van der Waals surface area (Å²) in [6, 6.07) is 0.453. The first kappa shape index (κ1) is 10.7. The fourth-order valence-electron chi connectivity index (χ4n) is 2.27. The van der Waals surface area contributed by atoms with Crippen molar-refractivity contribution in [2.45, 2.75) is 44.6 Å². The molecule has 0 aromatic heterocycles. The average molecular weight is 212 g/mol. The van der Waals surface area contributed by atoms with Gasteiger partial charge in [-0.2, -0.15) is 0 Å². The second-order valence-corrected chi connectivity index (χ2v) is 4.44. The van der Waals surface area contributed by atoms with Gasteiger partial charge in [-0.15, -0.1) is 0 Å². The number of carbonyl (C=O) groups excluding carboxylic acids is 1. The minimum atomic E-state index is 0.0570. The molecule has 86 valence electrons. The van der Waals surface area contributed by atoms with E-state index in [1.54, 1.807) is 4.90 Å². The molecule has 15 heavy (non-hydrogen) atoms. The average Bonchev–Trinajstić information content (AvgIpc) is 2.31. The molecule has 4 nitrogen and oxygen atoms in total. The van der Waals surface area contributed by atoms with Crippen LogP contribution >= 0.6 is 0 Å². The van der Waals surface area contributed by atoms with Gasteiger partial charge in [0.1, 0.15) is 6.73 Å². The Morgan fingerprint density at radius 2 is 2.00 bits per heavy atom. The van der Waals surface area contributed by atoms with Crippen molar-refractivity contribution < 1.29 is 9.53 Å². The molecule has 1 heterocycles. The van der Waals surface area contributed by atoms with Crippen molar-refractivity contribution >= 4 is 6.03 Å². The summed E-state index contributed by atoms with van der Waals surface area (Å²) in [5.74, 6) is 0. The van der Waals surface area contributed by atoms with Crippen LogP contribution in [0.1, 0.15) is 38.5 Å². The van der Waals surface area contributed by atoms with E-state index in [0.29, 0.717) is 12.8 Å². The van der Waals surface area contributed by atoms with Crippen LogP contribution in [0.2, 0.25) is 0 Å². The lowest BCUT2D eigenvalue weighted by Gasteiger charge is -2.30. The Morgan fingerprint density at radius 3 is 2.67 bits per heavy atom. The van der Waals surface area contributed by atoms with Crippen LogP contribution in [0.4, 0.5) is 4.79 Å². The molecule has 1 aliphatic carbocycles.